The van der Waals surface area contributed by atoms with Crippen molar-refractivity contribution in [3.8, 4) is 0 Å². The molecule has 0 aliphatic heterocycles. The Morgan fingerprint density at radius 3 is 2.62 bits per heavy atom. The molecular weight excluding hydrogens is 367 g/mol. The fourth-order valence-electron chi connectivity index (χ4n) is 1.69. The fourth-order valence-corrected chi connectivity index (χ4v) is 3.30. The Balaban J connectivity index is 2.08. The highest BCUT2D eigenvalue weighted by molar-refractivity contribution is 8.00. The van der Waals surface area contributed by atoms with Gasteiger partial charge in [-0.3, -0.25) is 9.59 Å². The zero-order valence-corrected chi connectivity index (χ0v) is 14.1. The second-order valence-electron chi connectivity index (χ2n) is 4.64. The van der Waals surface area contributed by atoms with Crippen LogP contribution in [0.15, 0.2) is 16.6 Å². The quantitative estimate of drug-likeness (QED) is 0.775. The largest absolute Gasteiger partial charge is 0.451 e. The van der Waals surface area contributed by atoms with E-state index in [2.05, 4.69) is 15.5 Å². The average Bonchev–Trinajstić information content (AvgIpc) is 3.05. The summed E-state index contributed by atoms with van der Waals surface area (Å²) < 4.78 is 38.8. The molecule has 2 aromatic rings. The zero-order valence-electron chi connectivity index (χ0n) is 12.4. The van der Waals surface area contributed by atoms with Crippen LogP contribution in [0.3, 0.4) is 0 Å². The number of nitrogens with zero attached hydrogens (tertiary/aromatic N) is 3. The highest BCUT2D eigenvalue weighted by Gasteiger charge is 2.38. The van der Waals surface area contributed by atoms with Gasteiger partial charge in [0.1, 0.15) is 5.00 Å². The lowest BCUT2D eigenvalue weighted by Crippen LogP contribution is -2.24. The standard InChI is InChI=1S/C12H12F3N5O2S2/c1-5(8(22)17-9-6(7(16)21)3-4-23-9)24-11-19-18-10(20(11)2)12(13,14)15/h3-5H,1-2H3,(H2,16,21)(H,17,22)/t5-/m1/s1. The number of nitrogens with two attached hydrogens (primary N) is 1. The molecule has 0 unspecified atom stereocenters. The van der Waals surface area contributed by atoms with E-state index in [0.717, 1.165) is 27.7 Å². The molecule has 12 heteroatoms. The molecule has 2 heterocycles. The van der Waals surface area contributed by atoms with Crippen LogP contribution in [0, 0.1) is 0 Å². The Labute approximate surface area is 142 Å². The highest BCUT2D eigenvalue weighted by atomic mass is 32.2. The molecule has 130 valence electrons. The molecule has 7 nitrogen and oxygen atoms in total. The molecule has 1 atom stereocenters. The molecule has 2 amide bonds. The molecule has 2 rings (SSSR count). The van der Waals surface area contributed by atoms with Crippen molar-refractivity contribution in [3.63, 3.8) is 0 Å². The first-order chi connectivity index (χ1) is 11.1. The molecule has 0 aliphatic carbocycles. The fraction of sp³-hybridized carbons (Fsp3) is 0.333. The van der Waals surface area contributed by atoms with E-state index < -0.39 is 29.1 Å². The first-order valence-electron chi connectivity index (χ1n) is 6.42. The summed E-state index contributed by atoms with van der Waals surface area (Å²) in [6.07, 6.45) is -4.63. The van der Waals surface area contributed by atoms with E-state index in [-0.39, 0.29) is 15.7 Å². The third-order valence-corrected chi connectivity index (χ3v) is 4.87. The van der Waals surface area contributed by atoms with Crippen molar-refractivity contribution < 1.29 is 22.8 Å². The predicted molar refractivity (Wildman–Crippen MR) is 82.8 cm³/mol. The zero-order chi connectivity index (χ0) is 18.1. The van der Waals surface area contributed by atoms with E-state index in [4.69, 9.17) is 5.73 Å². The number of amides is 2. The second-order valence-corrected chi connectivity index (χ2v) is 6.86. The maximum absolute atomic E-state index is 12.7. The summed E-state index contributed by atoms with van der Waals surface area (Å²) in [5.41, 5.74) is 5.35. The van der Waals surface area contributed by atoms with Crippen LogP contribution in [-0.2, 0) is 18.0 Å². The van der Waals surface area contributed by atoms with Crippen molar-refractivity contribution in [2.75, 3.05) is 5.32 Å². The third kappa shape index (κ3) is 3.87. The molecule has 2 aromatic heterocycles. The monoisotopic (exact) mass is 379 g/mol. The lowest BCUT2D eigenvalue weighted by atomic mass is 10.3. The maximum atomic E-state index is 12.7. The van der Waals surface area contributed by atoms with E-state index in [0.29, 0.717) is 0 Å². The smallest absolute Gasteiger partial charge is 0.366 e. The number of halogens is 3. The van der Waals surface area contributed by atoms with Crippen molar-refractivity contribution in [2.24, 2.45) is 12.8 Å². The van der Waals surface area contributed by atoms with Crippen LogP contribution in [0.25, 0.3) is 0 Å². The van der Waals surface area contributed by atoms with Gasteiger partial charge in [0.2, 0.25) is 11.7 Å². The van der Waals surface area contributed by atoms with Crippen LogP contribution in [-0.4, -0.2) is 31.8 Å². The van der Waals surface area contributed by atoms with Gasteiger partial charge in [0.15, 0.2) is 5.16 Å². The third-order valence-electron chi connectivity index (χ3n) is 2.91. The minimum atomic E-state index is -4.63. The molecule has 24 heavy (non-hydrogen) atoms. The van der Waals surface area contributed by atoms with Gasteiger partial charge in [-0.05, 0) is 18.4 Å². The minimum absolute atomic E-state index is 0.0497. The number of nitrogens with one attached hydrogen (secondary N) is 1. The summed E-state index contributed by atoms with van der Waals surface area (Å²) in [6, 6.07) is 1.47. The van der Waals surface area contributed by atoms with Crippen LogP contribution < -0.4 is 11.1 Å². The number of anilines is 1. The number of carbonyl (C=O) groups is 2. The number of carbonyl (C=O) groups excluding carboxylic acids is 2. The first kappa shape index (κ1) is 18.3. The van der Waals surface area contributed by atoms with Crippen LogP contribution in [0.2, 0.25) is 0 Å². The molecular formula is C12H12F3N5O2S2. The number of thioether (sulfide) groups is 1. The van der Waals surface area contributed by atoms with Crippen molar-refractivity contribution in [1.29, 1.82) is 0 Å². The Hall–Kier alpha value is -2.08. The lowest BCUT2D eigenvalue weighted by molar-refractivity contribution is -0.147. The second kappa shape index (κ2) is 6.81. The summed E-state index contributed by atoms with van der Waals surface area (Å²) in [5.74, 6) is -2.33. The van der Waals surface area contributed by atoms with E-state index in [9.17, 15) is 22.8 Å². The predicted octanol–water partition coefficient (Wildman–Crippen LogP) is 2.11. The number of rotatable bonds is 5. The Morgan fingerprint density at radius 2 is 2.08 bits per heavy atom. The van der Waals surface area contributed by atoms with Gasteiger partial charge in [-0.15, -0.1) is 21.5 Å². The Bertz CT molecular complexity index is 771. The van der Waals surface area contributed by atoms with Gasteiger partial charge in [0.05, 0.1) is 10.8 Å². The molecule has 0 bridgehead atoms. The molecule has 0 saturated carbocycles. The highest BCUT2D eigenvalue weighted by Crippen LogP contribution is 2.31. The summed E-state index contributed by atoms with van der Waals surface area (Å²) >= 11 is 1.93. The van der Waals surface area contributed by atoms with Crippen molar-refractivity contribution in [3.05, 3.63) is 22.8 Å². The SMILES string of the molecule is C[C@@H](Sc1nnc(C(F)(F)F)n1C)C(=O)Nc1sccc1C(N)=O. The van der Waals surface area contributed by atoms with Crippen molar-refractivity contribution >= 4 is 39.9 Å². The summed E-state index contributed by atoms with van der Waals surface area (Å²) in [7, 11) is 1.17. The van der Waals surface area contributed by atoms with E-state index in [1.54, 1.807) is 5.38 Å². The van der Waals surface area contributed by atoms with Crippen LogP contribution >= 0.6 is 23.1 Å². The molecule has 0 radical (unpaired) electrons. The van der Waals surface area contributed by atoms with E-state index in [1.165, 1.54) is 20.0 Å². The van der Waals surface area contributed by atoms with Gasteiger partial charge in [0, 0.05) is 7.05 Å². The summed E-state index contributed by atoms with van der Waals surface area (Å²) in [5, 5.41) is 10.1. The maximum Gasteiger partial charge on any atom is 0.451 e. The van der Waals surface area contributed by atoms with Crippen LogP contribution in [0.4, 0.5) is 18.2 Å². The number of primary amides is 1. The van der Waals surface area contributed by atoms with Crippen molar-refractivity contribution in [1.82, 2.24) is 14.8 Å². The first-order valence-corrected chi connectivity index (χ1v) is 8.18. The average molecular weight is 379 g/mol. The van der Waals surface area contributed by atoms with Gasteiger partial charge < -0.3 is 15.6 Å². The molecule has 0 spiro atoms. The van der Waals surface area contributed by atoms with E-state index in [1.807, 2.05) is 0 Å². The van der Waals surface area contributed by atoms with Gasteiger partial charge in [-0.1, -0.05) is 11.8 Å². The number of thiophene rings is 1. The topological polar surface area (TPSA) is 103 Å². The van der Waals surface area contributed by atoms with Gasteiger partial charge >= 0.3 is 6.18 Å². The van der Waals surface area contributed by atoms with Crippen LogP contribution in [0.5, 0.6) is 0 Å². The number of hydrogen-bond donors (Lipinski definition) is 2. The molecule has 0 aliphatic rings. The van der Waals surface area contributed by atoms with Crippen molar-refractivity contribution in [2.45, 2.75) is 23.5 Å². The van der Waals surface area contributed by atoms with Gasteiger partial charge in [0.25, 0.3) is 5.91 Å². The normalized spacial score (nSPS) is 12.9. The molecule has 3 N–H and O–H groups in total. The number of aromatic nitrogens is 3. The van der Waals surface area contributed by atoms with Gasteiger partial charge in [-0.2, -0.15) is 13.2 Å². The molecule has 0 fully saturated rings. The summed E-state index contributed by atoms with van der Waals surface area (Å²) in [4.78, 5) is 23.4. The number of hydrogen-bond acceptors (Lipinski definition) is 6. The minimum Gasteiger partial charge on any atom is -0.366 e. The lowest BCUT2D eigenvalue weighted by Gasteiger charge is -2.11. The Kier molecular flexibility index (Phi) is 5.18. The molecule has 0 saturated heterocycles. The van der Waals surface area contributed by atoms with Gasteiger partial charge in [-0.25, -0.2) is 0 Å². The number of alkyl halides is 3. The van der Waals surface area contributed by atoms with E-state index >= 15 is 0 Å². The molecule has 0 aromatic carbocycles. The summed E-state index contributed by atoms with van der Waals surface area (Å²) in [6.45, 7) is 1.50. The Morgan fingerprint density at radius 1 is 1.42 bits per heavy atom. The van der Waals surface area contributed by atoms with Crippen LogP contribution in [0.1, 0.15) is 23.1 Å².